The molecular formula is C12H20N4O. The van der Waals surface area contributed by atoms with Crippen LogP contribution in [0.5, 0.6) is 0 Å². The summed E-state index contributed by atoms with van der Waals surface area (Å²) in [6.45, 7) is 4.90. The molecule has 3 rings (SSSR count). The maximum atomic E-state index is 5.55. The average molecular weight is 236 g/mol. The summed E-state index contributed by atoms with van der Waals surface area (Å²) in [4.78, 5) is 9.27. The minimum atomic E-state index is 0.451. The molecule has 5 nitrogen and oxygen atoms in total. The third kappa shape index (κ3) is 2.17. The Labute approximate surface area is 102 Å². The highest BCUT2D eigenvalue weighted by Gasteiger charge is 2.30. The van der Waals surface area contributed by atoms with E-state index in [1.165, 1.54) is 25.8 Å². The van der Waals surface area contributed by atoms with Crippen molar-refractivity contribution in [2.45, 2.75) is 31.8 Å². The lowest BCUT2D eigenvalue weighted by atomic mass is 10.00. The predicted octanol–water partition coefficient (Wildman–Crippen LogP) is 0.808. The first kappa shape index (κ1) is 11.0. The Balaban J connectivity index is 1.68. The average Bonchev–Trinajstić information content (AvgIpc) is 2.87. The largest absolute Gasteiger partial charge is 0.432 e. The lowest BCUT2D eigenvalue weighted by Gasteiger charge is -2.43. The van der Waals surface area contributed by atoms with Gasteiger partial charge in [-0.05, 0) is 19.4 Å². The number of rotatable bonds is 2. The van der Waals surface area contributed by atoms with Crippen LogP contribution >= 0.6 is 0 Å². The standard InChI is InChI=1S/C12H20N4O/c13-7-10-9-17-12(14-10)16-6-5-15-4-2-1-3-11(15)8-16/h9,11H,1-8,13H2. The van der Waals surface area contributed by atoms with E-state index in [-0.39, 0.29) is 0 Å². The molecule has 17 heavy (non-hydrogen) atoms. The summed E-state index contributed by atoms with van der Waals surface area (Å²) in [6, 6.07) is 1.43. The monoisotopic (exact) mass is 236 g/mol. The predicted molar refractivity (Wildman–Crippen MR) is 65.8 cm³/mol. The van der Waals surface area contributed by atoms with Crippen LogP contribution in [0.4, 0.5) is 6.01 Å². The topological polar surface area (TPSA) is 58.5 Å². The van der Waals surface area contributed by atoms with Gasteiger partial charge in [-0.2, -0.15) is 4.98 Å². The summed E-state index contributed by atoms with van der Waals surface area (Å²) in [5, 5.41) is 0. The van der Waals surface area contributed by atoms with Gasteiger partial charge in [0.25, 0.3) is 6.01 Å². The molecule has 1 aromatic rings. The lowest BCUT2D eigenvalue weighted by molar-refractivity contribution is 0.131. The number of hydrogen-bond donors (Lipinski definition) is 1. The normalized spacial score (nSPS) is 25.9. The SMILES string of the molecule is NCc1coc(N2CCN3CCCCC3C2)n1. The number of oxazole rings is 1. The molecule has 2 aliphatic rings. The molecular weight excluding hydrogens is 216 g/mol. The highest BCUT2D eigenvalue weighted by atomic mass is 16.4. The van der Waals surface area contributed by atoms with Crippen molar-refractivity contribution in [3.8, 4) is 0 Å². The highest BCUT2D eigenvalue weighted by Crippen LogP contribution is 2.24. The first-order valence-electron chi connectivity index (χ1n) is 6.50. The number of aromatic nitrogens is 1. The molecule has 2 fully saturated rings. The van der Waals surface area contributed by atoms with Crippen molar-refractivity contribution in [1.29, 1.82) is 0 Å². The smallest absolute Gasteiger partial charge is 0.297 e. The summed E-state index contributed by atoms with van der Waals surface area (Å²) in [5.41, 5.74) is 6.39. The Morgan fingerprint density at radius 2 is 2.29 bits per heavy atom. The minimum absolute atomic E-state index is 0.451. The fourth-order valence-corrected chi connectivity index (χ4v) is 2.86. The van der Waals surface area contributed by atoms with Crippen LogP contribution in [0.2, 0.25) is 0 Å². The minimum Gasteiger partial charge on any atom is -0.432 e. The molecule has 3 heterocycles. The van der Waals surface area contributed by atoms with E-state index in [4.69, 9.17) is 10.2 Å². The van der Waals surface area contributed by atoms with E-state index in [0.717, 1.165) is 31.3 Å². The first-order valence-corrected chi connectivity index (χ1v) is 6.50. The second kappa shape index (κ2) is 4.66. The molecule has 0 amide bonds. The third-order valence-corrected chi connectivity index (χ3v) is 3.86. The van der Waals surface area contributed by atoms with Crippen LogP contribution in [-0.4, -0.2) is 42.1 Å². The zero-order chi connectivity index (χ0) is 11.7. The molecule has 94 valence electrons. The summed E-state index contributed by atoms with van der Waals surface area (Å²) in [5.74, 6) is 0. The van der Waals surface area contributed by atoms with Crippen LogP contribution in [0, 0.1) is 0 Å². The molecule has 1 unspecified atom stereocenters. The molecule has 0 radical (unpaired) electrons. The van der Waals surface area contributed by atoms with Crippen molar-refractivity contribution in [3.05, 3.63) is 12.0 Å². The van der Waals surface area contributed by atoms with Crippen LogP contribution in [0.15, 0.2) is 10.7 Å². The molecule has 5 heteroatoms. The zero-order valence-electron chi connectivity index (χ0n) is 10.1. The molecule has 0 spiro atoms. The van der Waals surface area contributed by atoms with Crippen molar-refractivity contribution in [2.75, 3.05) is 31.1 Å². The molecule has 0 aliphatic carbocycles. The van der Waals surface area contributed by atoms with E-state index in [0.29, 0.717) is 12.6 Å². The van der Waals surface area contributed by atoms with Crippen molar-refractivity contribution < 1.29 is 4.42 Å². The second-order valence-corrected chi connectivity index (χ2v) is 4.96. The van der Waals surface area contributed by atoms with Gasteiger partial charge in [0.1, 0.15) is 6.26 Å². The van der Waals surface area contributed by atoms with Gasteiger partial charge in [0.2, 0.25) is 0 Å². The maximum Gasteiger partial charge on any atom is 0.297 e. The summed E-state index contributed by atoms with van der Waals surface area (Å²) in [6.07, 6.45) is 5.69. The van der Waals surface area contributed by atoms with Crippen LogP contribution in [0.25, 0.3) is 0 Å². The van der Waals surface area contributed by atoms with E-state index in [1.54, 1.807) is 6.26 Å². The van der Waals surface area contributed by atoms with E-state index < -0.39 is 0 Å². The number of nitrogens with zero attached hydrogens (tertiary/aromatic N) is 3. The lowest BCUT2D eigenvalue weighted by Crippen LogP contribution is -2.55. The van der Waals surface area contributed by atoms with Crippen molar-refractivity contribution in [3.63, 3.8) is 0 Å². The molecule has 0 aromatic carbocycles. The van der Waals surface area contributed by atoms with Crippen LogP contribution in [0.3, 0.4) is 0 Å². The van der Waals surface area contributed by atoms with Gasteiger partial charge in [-0.1, -0.05) is 6.42 Å². The Hall–Kier alpha value is -1.07. The van der Waals surface area contributed by atoms with Crippen LogP contribution in [0.1, 0.15) is 25.0 Å². The number of piperidine rings is 1. The van der Waals surface area contributed by atoms with Crippen LogP contribution < -0.4 is 10.6 Å². The third-order valence-electron chi connectivity index (χ3n) is 3.86. The van der Waals surface area contributed by atoms with Gasteiger partial charge in [0, 0.05) is 32.2 Å². The van der Waals surface area contributed by atoms with Gasteiger partial charge in [0.05, 0.1) is 5.69 Å². The van der Waals surface area contributed by atoms with Gasteiger partial charge in [-0.15, -0.1) is 0 Å². The Morgan fingerprint density at radius 1 is 1.35 bits per heavy atom. The number of fused-ring (bicyclic) bond motifs is 1. The molecule has 1 atom stereocenters. The zero-order valence-corrected chi connectivity index (χ0v) is 10.1. The van der Waals surface area contributed by atoms with Gasteiger partial charge >= 0.3 is 0 Å². The summed E-state index contributed by atoms with van der Waals surface area (Å²) in [7, 11) is 0. The number of anilines is 1. The summed E-state index contributed by atoms with van der Waals surface area (Å²) < 4.78 is 5.49. The molecule has 2 N–H and O–H groups in total. The second-order valence-electron chi connectivity index (χ2n) is 4.96. The van der Waals surface area contributed by atoms with E-state index in [1.807, 2.05) is 0 Å². The molecule has 0 saturated carbocycles. The molecule has 1 aromatic heterocycles. The molecule has 2 aliphatic heterocycles. The van der Waals surface area contributed by atoms with E-state index in [9.17, 15) is 0 Å². The number of piperazine rings is 1. The Bertz CT molecular complexity index is 378. The van der Waals surface area contributed by atoms with Gasteiger partial charge in [-0.3, -0.25) is 4.90 Å². The molecule has 0 bridgehead atoms. The van der Waals surface area contributed by atoms with E-state index >= 15 is 0 Å². The Kier molecular flexibility index (Phi) is 3.03. The van der Waals surface area contributed by atoms with E-state index in [2.05, 4.69) is 14.8 Å². The van der Waals surface area contributed by atoms with Crippen molar-refractivity contribution in [1.82, 2.24) is 9.88 Å². The first-order chi connectivity index (χ1) is 8.36. The van der Waals surface area contributed by atoms with Crippen molar-refractivity contribution >= 4 is 6.01 Å². The fraction of sp³-hybridized carbons (Fsp3) is 0.750. The van der Waals surface area contributed by atoms with Gasteiger partial charge in [0.15, 0.2) is 0 Å². The quantitative estimate of drug-likeness (QED) is 0.823. The molecule has 2 saturated heterocycles. The number of nitrogens with two attached hydrogens (primary N) is 1. The highest BCUT2D eigenvalue weighted by molar-refractivity contribution is 5.28. The van der Waals surface area contributed by atoms with Crippen LogP contribution in [-0.2, 0) is 6.54 Å². The fourth-order valence-electron chi connectivity index (χ4n) is 2.86. The Morgan fingerprint density at radius 3 is 3.12 bits per heavy atom. The van der Waals surface area contributed by atoms with Gasteiger partial charge in [-0.25, -0.2) is 0 Å². The van der Waals surface area contributed by atoms with Crippen molar-refractivity contribution in [2.24, 2.45) is 5.73 Å². The summed E-state index contributed by atoms with van der Waals surface area (Å²) >= 11 is 0. The number of hydrogen-bond acceptors (Lipinski definition) is 5. The maximum absolute atomic E-state index is 5.55. The van der Waals surface area contributed by atoms with Gasteiger partial charge < -0.3 is 15.1 Å².